The number of sulfone groups is 1. The molecule has 0 bridgehead atoms. The van der Waals surface area contributed by atoms with Gasteiger partial charge in [-0.3, -0.25) is 0 Å². The summed E-state index contributed by atoms with van der Waals surface area (Å²) < 4.78 is 30.4. The van der Waals surface area contributed by atoms with E-state index in [2.05, 4.69) is 16.3 Å². The van der Waals surface area contributed by atoms with E-state index < -0.39 is 9.84 Å². The molecule has 0 atom stereocenters. The number of hydrogen-bond acceptors (Lipinski definition) is 6. The number of fused-ring (bicyclic) bond motifs is 1. The van der Waals surface area contributed by atoms with Gasteiger partial charge in [-0.15, -0.1) is 0 Å². The molecule has 29 heavy (non-hydrogen) atoms. The number of nitriles is 1. The van der Waals surface area contributed by atoms with Crippen LogP contribution in [0.25, 0.3) is 22.0 Å². The van der Waals surface area contributed by atoms with Gasteiger partial charge in [-0.1, -0.05) is 0 Å². The first kappa shape index (κ1) is 20.0. The van der Waals surface area contributed by atoms with E-state index >= 15 is 0 Å². The molecule has 0 spiro atoms. The molecule has 0 amide bonds. The molecule has 0 aliphatic carbocycles. The maximum atomic E-state index is 11.7. The molecule has 1 fully saturated rings. The molecule has 1 aliphatic heterocycles. The van der Waals surface area contributed by atoms with Crippen molar-refractivity contribution in [3.8, 4) is 17.2 Å². The van der Waals surface area contributed by atoms with E-state index in [-0.39, 0.29) is 15.8 Å². The molecule has 4 rings (SSSR count). The average Bonchev–Trinajstić information content (AvgIpc) is 2.74. The second kappa shape index (κ2) is 8.23. The molecule has 1 aromatic heterocycles. The van der Waals surface area contributed by atoms with Crippen molar-refractivity contribution in [3.63, 3.8) is 0 Å². The first-order chi connectivity index (χ1) is 14.0. The Labute approximate surface area is 176 Å². The van der Waals surface area contributed by atoms with Gasteiger partial charge >= 0.3 is 177 Å². The van der Waals surface area contributed by atoms with Crippen molar-refractivity contribution >= 4 is 40.8 Å². The van der Waals surface area contributed by atoms with Gasteiger partial charge < -0.3 is 0 Å². The quantitative estimate of drug-likeness (QED) is 0.547. The van der Waals surface area contributed by atoms with Crippen LogP contribution in [0.4, 0.5) is 0 Å². The first-order valence-corrected chi connectivity index (χ1v) is 13.2. The Hall–Kier alpha value is -2.26. The number of ether oxygens (including phenoxy) is 1. The standard InChI is InChI=1S/C21H19AsN3O3S/c1-29(26,27)17-5-2-14(3-6-17)15-4-7-18-19(12-15)24-25-20(13-23)21(18)22-16-8-10-28-11-9-16/h2-7,12,16H,8-11H2,1H3. The molecule has 8 heteroatoms. The zero-order chi connectivity index (χ0) is 20.4. The van der Waals surface area contributed by atoms with Crippen LogP contribution in [0.1, 0.15) is 18.5 Å². The fourth-order valence-corrected chi connectivity index (χ4v) is 6.89. The molecule has 0 saturated carbocycles. The van der Waals surface area contributed by atoms with E-state index in [1.807, 2.05) is 18.2 Å². The SMILES string of the molecule is CS(=O)(=O)c1ccc(-c2ccc3c([As]C4CCOCC4)c(C#N)nnc3c2)cc1. The summed E-state index contributed by atoms with van der Waals surface area (Å²) in [5, 5.41) is 19.0. The fraction of sp³-hybridized carbons (Fsp3) is 0.286. The fourth-order valence-electron chi connectivity index (χ4n) is 3.37. The molecular weight excluding hydrogens is 449 g/mol. The molecule has 2 heterocycles. The van der Waals surface area contributed by atoms with Crippen LogP contribution >= 0.6 is 0 Å². The van der Waals surface area contributed by atoms with Gasteiger partial charge in [0.2, 0.25) is 0 Å². The van der Waals surface area contributed by atoms with Crippen molar-refractivity contribution in [2.45, 2.75) is 22.4 Å². The van der Waals surface area contributed by atoms with Crippen LogP contribution in [-0.4, -0.2) is 53.8 Å². The molecule has 0 N–H and O–H groups in total. The predicted molar refractivity (Wildman–Crippen MR) is 112 cm³/mol. The van der Waals surface area contributed by atoms with Crippen molar-refractivity contribution < 1.29 is 13.2 Å². The number of benzene rings is 2. The van der Waals surface area contributed by atoms with Crippen molar-refractivity contribution in [1.82, 2.24) is 10.2 Å². The molecule has 0 unspecified atom stereocenters. The van der Waals surface area contributed by atoms with E-state index in [0.29, 0.717) is 15.3 Å². The topological polar surface area (TPSA) is 92.9 Å². The molecule has 1 saturated heterocycles. The summed E-state index contributed by atoms with van der Waals surface area (Å²) in [5.41, 5.74) is 3.02. The zero-order valence-electron chi connectivity index (χ0n) is 15.9. The first-order valence-electron chi connectivity index (χ1n) is 9.25. The van der Waals surface area contributed by atoms with Crippen LogP contribution in [0.2, 0.25) is 4.71 Å². The monoisotopic (exact) mass is 468 g/mol. The third-order valence-electron chi connectivity index (χ3n) is 4.96. The Morgan fingerprint density at radius 1 is 1.07 bits per heavy atom. The molecule has 3 aromatic rings. The molecule has 147 valence electrons. The van der Waals surface area contributed by atoms with Gasteiger partial charge in [0.05, 0.1) is 0 Å². The van der Waals surface area contributed by atoms with E-state index in [4.69, 9.17) is 4.74 Å². The van der Waals surface area contributed by atoms with Crippen LogP contribution in [0.5, 0.6) is 0 Å². The van der Waals surface area contributed by atoms with Crippen molar-refractivity contribution in [3.05, 3.63) is 48.2 Å². The Morgan fingerprint density at radius 3 is 2.41 bits per heavy atom. The van der Waals surface area contributed by atoms with Crippen molar-refractivity contribution in [2.24, 2.45) is 0 Å². The third-order valence-corrected chi connectivity index (χ3v) is 9.43. The summed E-state index contributed by atoms with van der Waals surface area (Å²) in [5.74, 6) is 0. The van der Waals surface area contributed by atoms with Gasteiger partial charge in [-0.2, -0.15) is 0 Å². The van der Waals surface area contributed by atoms with Gasteiger partial charge in [-0.25, -0.2) is 0 Å². The number of aromatic nitrogens is 2. The summed E-state index contributed by atoms with van der Waals surface area (Å²) >= 11 is -0.206. The molecule has 6 nitrogen and oxygen atoms in total. The maximum absolute atomic E-state index is 11.7. The normalized spacial score (nSPS) is 15.7. The third kappa shape index (κ3) is 4.35. The Balaban J connectivity index is 1.72. The van der Waals surface area contributed by atoms with Gasteiger partial charge in [0.1, 0.15) is 0 Å². The van der Waals surface area contributed by atoms with Gasteiger partial charge in [0.25, 0.3) is 0 Å². The van der Waals surface area contributed by atoms with Crippen LogP contribution in [0.3, 0.4) is 0 Å². The van der Waals surface area contributed by atoms with Crippen LogP contribution in [0, 0.1) is 11.3 Å². The summed E-state index contributed by atoms with van der Waals surface area (Å²) in [6.07, 6.45) is 3.25. The van der Waals surface area contributed by atoms with E-state index in [9.17, 15) is 13.7 Å². The molecular formula is C21H19AsN3O3S. The van der Waals surface area contributed by atoms with Crippen LogP contribution in [0.15, 0.2) is 47.4 Å². The summed E-state index contributed by atoms with van der Waals surface area (Å²) in [7, 11) is -3.22. The van der Waals surface area contributed by atoms with Crippen molar-refractivity contribution in [2.75, 3.05) is 19.5 Å². The van der Waals surface area contributed by atoms with E-state index in [1.54, 1.807) is 24.3 Å². The number of nitrogens with zero attached hydrogens (tertiary/aromatic N) is 3. The van der Waals surface area contributed by atoms with Crippen molar-refractivity contribution in [1.29, 1.82) is 5.26 Å². The second-order valence-corrected chi connectivity index (χ2v) is 12.0. The average molecular weight is 468 g/mol. The predicted octanol–water partition coefficient (Wildman–Crippen LogP) is 2.50. The van der Waals surface area contributed by atoms with E-state index in [1.165, 1.54) is 6.26 Å². The summed E-state index contributed by atoms with van der Waals surface area (Å²) in [6, 6.07) is 15.0. The van der Waals surface area contributed by atoms with Gasteiger partial charge in [-0.05, 0) is 0 Å². The Morgan fingerprint density at radius 2 is 1.76 bits per heavy atom. The zero-order valence-corrected chi connectivity index (χ0v) is 18.6. The minimum atomic E-state index is -3.22. The second-order valence-electron chi connectivity index (χ2n) is 7.01. The number of rotatable bonds is 4. The van der Waals surface area contributed by atoms with Gasteiger partial charge in [0.15, 0.2) is 0 Å². The van der Waals surface area contributed by atoms with Crippen LogP contribution in [-0.2, 0) is 14.6 Å². The molecule has 1 radical (unpaired) electrons. The summed E-state index contributed by atoms with van der Waals surface area (Å²) in [4.78, 5) is 0.295. The molecule has 1 aliphatic rings. The minimum absolute atomic E-state index is 0.206. The Kier molecular flexibility index (Phi) is 5.69. The van der Waals surface area contributed by atoms with E-state index in [0.717, 1.165) is 52.4 Å². The number of hydrogen-bond donors (Lipinski definition) is 0. The Bertz CT molecular complexity index is 1200. The van der Waals surface area contributed by atoms with Gasteiger partial charge in [0, 0.05) is 0 Å². The summed E-state index contributed by atoms with van der Waals surface area (Å²) in [6.45, 7) is 1.57. The van der Waals surface area contributed by atoms with Crippen LogP contribution < -0.4 is 4.35 Å². The molecule has 2 aromatic carbocycles.